The van der Waals surface area contributed by atoms with Gasteiger partial charge in [-0.25, -0.2) is 0 Å². The van der Waals surface area contributed by atoms with Crippen LogP contribution in [0, 0.1) is 0 Å². The lowest BCUT2D eigenvalue weighted by Gasteiger charge is -2.27. The molecule has 0 aromatic heterocycles. The topological polar surface area (TPSA) is 29.5 Å². The minimum Gasteiger partial charge on any atom is -0.406 e. The van der Waals surface area contributed by atoms with Crippen molar-refractivity contribution in [1.82, 2.24) is 0 Å². The first-order valence-corrected chi connectivity index (χ1v) is 6.56. The summed E-state index contributed by atoms with van der Waals surface area (Å²) in [4.78, 5) is 0. The Hall–Kier alpha value is -0.880. The fourth-order valence-electron chi connectivity index (χ4n) is 2.07. The smallest absolute Gasteiger partial charge is 0.406 e. The van der Waals surface area contributed by atoms with Crippen LogP contribution in [0.1, 0.15) is 18.9 Å². The van der Waals surface area contributed by atoms with Crippen molar-refractivity contribution in [1.29, 1.82) is 0 Å². The van der Waals surface area contributed by atoms with E-state index in [9.17, 15) is 18.3 Å². The van der Waals surface area contributed by atoms with Crippen molar-refractivity contribution < 1.29 is 23.0 Å². The highest BCUT2D eigenvalue weighted by Gasteiger charge is 2.41. The maximum Gasteiger partial charge on any atom is 0.573 e. The molecule has 100 valence electrons. The first kappa shape index (κ1) is 13.5. The van der Waals surface area contributed by atoms with Gasteiger partial charge in [0.2, 0.25) is 0 Å². The average Bonchev–Trinajstić information content (AvgIpc) is 2.58. The molecule has 0 aliphatic carbocycles. The lowest BCUT2D eigenvalue weighted by molar-refractivity contribution is -0.274. The third-order valence-corrected chi connectivity index (χ3v) is 4.42. The number of halogens is 3. The molecule has 0 saturated carbocycles. The van der Waals surface area contributed by atoms with Crippen molar-refractivity contribution in [3.05, 3.63) is 29.8 Å². The van der Waals surface area contributed by atoms with Crippen LogP contribution in [0.4, 0.5) is 13.2 Å². The van der Waals surface area contributed by atoms with Gasteiger partial charge in [-0.2, -0.15) is 11.8 Å². The van der Waals surface area contributed by atoms with Gasteiger partial charge in [0.25, 0.3) is 0 Å². The van der Waals surface area contributed by atoms with Gasteiger partial charge in [0.1, 0.15) is 11.4 Å². The maximum atomic E-state index is 12.1. The summed E-state index contributed by atoms with van der Waals surface area (Å²) in [6, 6.07) is 5.58. The fraction of sp³-hybridized carbons (Fsp3) is 0.500. The molecule has 2 nitrogen and oxygen atoms in total. The van der Waals surface area contributed by atoms with Crippen LogP contribution in [0.2, 0.25) is 0 Å². The molecule has 1 aliphatic heterocycles. The summed E-state index contributed by atoms with van der Waals surface area (Å²) in [6.07, 6.45) is -4.18. The molecule has 6 heteroatoms. The second-order valence-electron chi connectivity index (χ2n) is 4.26. The van der Waals surface area contributed by atoms with Crippen LogP contribution in [0.5, 0.6) is 5.75 Å². The van der Waals surface area contributed by atoms with Gasteiger partial charge in [0.15, 0.2) is 0 Å². The molecule has 1 N–H and O–H groups in total. The molecule has 1 aromatic rings. The number of benzene rings is 1. The Morgan fingerprint density at radius 3 is 2.72 bits per heavy atom. The standard InChI is InChI=1S/C12H13F3O2S/c1-8-11(16,5-6-18-8)9-3-2-4-10(7-9)17-12(13,14)15/h2-4,7-8,16H,5-6H2,1H3. The van der Waals surface area contributed by atoms with Crippen LogP contribution in [0.3, 0.4) is 0 Å². The van der Waals surface area contributed by atoms with E-state index in [4.69, 9.17) is 0 Å². The molecule has 1 aliphatic rings. The zero-order valence-corrected chi connectivity index (χ0v) is 10.5. The second kappa shape index (κ2) is 4.66. The van der Waals surface area contributed by atoms with Crippen LogP contribution < -0.4 is 4.74 Å². The van der Waals surface area contributed by atoms with E-state index in [-0.39, 0.29) is 11.0 Å². The van der Waals surface area contributed by atoms with Gasteiger partial charge in [-0.3, -0.25) is 0 Å². The van der Waals surface area contributed by atoms with Gasteiger partial charge in [0, 0.05) is 5.25 Å². The van der Waals surface area contributed by atoms with Gasteiger partial charge < -0.3 is 9.84 Å². The molecule has 0 bridgehead atoms. The van der Waals surface area contributed by atoms with E-state index < -0.39 is 12.0 Å². The molecular formula is C12H13F3O2S. The van der Waals surface area contributed by atoms with Gasteiger partial charge in [-0.1, -0.05) is 19.1 Å². The minimum atomic E-state index is -4.71. The number of rotatable bonds is 2. The zero-order valence-electron chi connectivity index (χ0n) is 9.70. The monoisotopic (exact) mass is 278 g/mol. The quantitative estimate of drug-likeness (QED) is 0.900. The van der Waals surface area contributed by atoms with Crippen molar-refractivity contribution in [3.8, 4) is 5.75 Å². The first-order chi connectivity index (χ1) is 8.31. The molecule has 1 aromatic carbocycles. The fourth-order valence-corrected chi connectivity index (χ4v) is 3.39. The summed E-state index contributed by atoms with van der Waals surface area (Å²) in [7, 11) is 0. The molecule has 2 atom stereocenters. The Morgan fingerprint density at radius 2 is 2.17 bits per heavy atom. The van der Waals surface area contributed by atoms with E-state index in [0.29, 0.717) is 12.0 Å². The predicted octanol–water partition coefficient (Wildman–Crippen LogP) is 3.30. The Kier molecular flexibility index (Phi) is 3.51. The van der Waals surface area contributed by atoms with Gasteiger partial charge in [0.05, 0.1) is 0 Å². The van der Waals surface area contributed by atoms with Crippen molar-refractivity contribution in [2.24, 2.45) is 0 Å². The molecule has 0 amide bonds. The van der Waals surface area contributed by atoms with Crippen LogP contribution in [-0.2, 0) is 5.60 Å². The molecule has 1 saturated heterocycles. The normalized spacial score (nSPS) is 28.4. The van der Waals surface area contributed by atoms with E-state index in [2.05, 4.69) is 4.74 Å². The minimum absolute atomic E-state index is 0.0429. The number of ether oxygens (including phenoxy) is 1. The van der Waals surface area contributed by atoms with Crippen LogP contribution in [0.15, 0.2) is 24.3 Å². The van der Waals surface area contributed by atoms with Crippen LogP contribution in [0.25, 0.3) is 0 Å². The lowest BCUT2D eigenvalue weighted by atomic mass is 9.88. The SMILES string of the molecule is CC1SCCC1(O)c1cccc(OC(F)(F)F)c1. The maximum absolute atomic E-state index is 12.1. The number of aliphatic hydroxyl groups is 1. The molecule has 0 spiro atoms. The summed E-state index contributed by atoms with van der Waals surface area (Å²) < 4.78 is 40.3. The summed E-state index contributed by atoms with van der Waals surface area (Å²) in [5.74, 6) is 0.500. The number of alkyl halides is 3. The zero-order chi connectivity index (χ0) is 13.4. The second-order valence-corrected chi connectivity index (χ2v) is 5.71. The highest BCUT2D eigenvalue weighted by atomic mass is 32.2. The first-order valence-electron chi connectivity index (χ1n) is 5.51. The number of hydrogen-bond acceptors (Lipinski definition) is 3. The summed E-state index contributed by atoms with van der Waals surface area (Å²) in [6.45, 7) is 1.87. The molecule has 0 radical (unpaired) electrons. The van der Waals surface area contributed by atoms with Gasteiger partial charge >= 0.3 is 6.36 Å². The largest absolute Gasteiger partial charge is 0.573 e. The Bertz CT molecular complexity index is 436. The van der Waals surface area contributed by atoms with Crippen molar-refractivity contribution >= 4 is 11.8 Å². The Labute approximate surface area is 107 Å². The van der Waals surface area contributed by atoms with E-state index in [1.54, 1.807) is 17.8 Å². The number of hydrogen-bond donors (Lipinski definition) is 1. The van der Waals surface area contributed by atoms with Crippen molar-refractivity contribution in [2.45, 2.75) is 30.6 Å². The molecular weight excluding hydrogens is 265 g/mol. The van der Waals surface area contributed by atoms with E-state index >= 15 is 0 Å². The van der Waals surface area contributed by atoms with E-state index in [1.807, 2.05) is 6.92 Å². The third kappa shape index (κ3) is 2.75. The molecule has 1 fully saturated rings. The van der Waals surface area contributed by atoms with Crippen molar-refractivity contribution in [3.63, 3.8) is 0 Å². The highest BCUT2D eigenvalue weighted by molar-refractivity contribution is 8.00. The number of thioether (sulfide) groups is 1. The summed E-state index contributed by atoms with van der Waals surface area (Å²) in [5.41, 5.74) is -0.600. The lowest BCUT2D eigenvalue weighted by Crippen LogP contribution is -2.31. The van der Waals surface area contributed by atoms with Crippen LogP contribution >= 0.6 is 11.8 Å². The van der Waals surface area contributed by atoms with Crippen molar-refractivity contribution in [2.75, 3.05) is 5.75 Å². The Balaban J connectivity index is 2.27. The molecule has 1 heterocycles. The molecule has 2 unspecified atom stereocenters. The van der Waals surface area contributed by atoms with E-state index in [0.717, 1.165) is 5.75 Å². The van der Waals surface area contributed by atoms with Gasteiger partial charge in [-0.15, -0.1) is 13.2 Å². The average molecular weight is 278 g/mol. The molecule has 18 heavy (non-hydrogen) atoms. The molecule has 2 rings (SSSR count). The Morgan fingerprint density at radius 1 is 1.44 bits per heavy atom. The van der Waals surface area contributed by atoms with Gasteiger partial charge in [-0.05, 0) is 29.9 Å². The van der Waals surface area contributed by atoms with Crippen LogP contribution in [-0.4, -0.2) is 22.5 Å². The summed E-state index contributed by atoms with van der Waals surface area (Å²) >= 11 is 1.60. The third-order valence-electron chi connectivity index (χ3n) is 3.09. The predicted molar refractivity (Wildman–Crippen MR) is 63.6 cm³/mol. The van der Waals surface area contributed by atoms with E-state index in [1.165, 1.54) is 18.2 Å². The highest BCUT2D eigenvalue weighted by Crippen LogP contribution is 2.43. The summed E-state index contributed by atoms with van der Waals surface area (Å²) in [5, 5.41) is 10.5.